The summed E-state index contributed by atoms with van der Waals surface area (Å²) in [5, 5.41) is 3.06. The van der Waals surface area contributed by atoms with Gasteiger partial charge in [-0.15, -0.1) is 0 Å². The molecule has 0 saturated carbocycles. The molecule has 5 nitrogen and oxygen atoms in total. The van der Waals surface area contributed by atoms with Crippen molar-refractivity contribution < 1.29 is 9.53 Å². The van der Waals surface area contributed by atoms with Crippen LogP contribution in [0.1, 0.15) is 16.7 Å². The Morgan fingerprint density at radius 1 is 0.938 bits per heavy atom. The molecule has 0 spiro atoms. The van der Waals surface area contributed by atoms with Gasteiger partial charge in [0.1, 0.15) is 0 Å². The molecule has 1 fully saturated rings. The Morgan fingerprint density at radius 2 is 1.66 bits per heavy atom. The van der Waals surface area contributed by atoms with Gasteiger partial charge in [-0.25, -0.2) is 4.79 Å². The van der Waals surface area contributed by atoms with Crippen LogP contribution in [0.3, 0.4) is 0 Å². The average Bonchev–Trinajstić information content (AvgIpc) is 2.84. The lowest BCUT2D eigenvalue weighted by Crippen LogP contribution is -2.36. The molecule has 166 valence electrons. The summed E-state index contributed by atoms with van der Waals surface area (Å²) in [6, 6.07) is 26.9. The first-order valence-corrected chi connectivity index (χ1v) is 11.2. The van der Waals surface area contributed by atoms with E-state index >= 15 is 0 Å². The number of amides is 2. The number of nitrogens with one attached hydrogen (secondary N) is 1. The van der Waals surface area contributed by atoms with Gasteiger partial charge in [-0.05, 0) is 27.8 Å². The number of hydrogen-bond donors (Lipinski definition) is 1. The van der Waals surface area contributed by atoms with Crippen LogP contribution in [0.25, 0.3) is 11.1 Å². The van der Waals surface area contributed by atoms with Gasteiger partial charge in [0.15, 0.2) is 0 Å². The van der Waals surface area contributed by atoms with Crippen LogP contribution in [-0.2, 0) is 24.4 Å². The Hall–Kier alpha value is -3.15. The van der Waals surface area contributed by atoms with Crippen molar-refractivity contribution >= 4 is 6.03 Å². The molecular formula is C27H31N3O2. The number of nitrogens with zero attached hydrogens (tertiary/aromatic N) is 2. The number of carbonyl (C=O) groups is 1. The van der Waals surface area contributed by atoms with E-state index in [0.717, 1.165) is 55.1 Å². The molecule has 0 radical (unpaired) electrons. The predicted molar refractivity (Wildman–Crippen MR) is 128 cm³/mol. The van der Waals surface area contributed by atoms with Gasteiger partial charge in [0, 0.05) is 39.8 Å². The zero-order valence-corrected chi connectivity index (χ0v) is 18.7. The van der Waals surface area contributed by atoms with Crippen LogP contribution in [0, 0.1) is 0 Å². The fraction of sp³-hybridized carbons (Fsp3) is 0.296. The average molecular weight is 430 g/mol. The van der Waals surface area contributed by atoms with Gasteiger partial charge in [-0.2, -0.15) is 0 Å². The number of benzene rings is 3. The number of ether oxygens (including phenoxy) is 1. The molecule has 3 aromatic carbocycles. The number of carbonyl (C=O) groups excluding carboxylic acids is 1. The van der Waals surface area contributed by atoms with Crippen molar-refractivity contribution in [3.8, 4) is 11.1 Å². The second-order valence-corrected chi connectivity index (χ2v) is 8.25. The number of rotatable bonds is 7. The number of urea groups is 1. The van der Waals surface area contributed by atoms with Crippen molar-refractivity contribution in [3.05, 3.63) is 95.6 Å². The van der Waals surface area contributed by atoms with E-state index in [2.05, 4.69) is 58.7 Å². The van der Waals surface area contributed by atoms with Gasteiger partial charge in [0.25, 0.3) is 0 Å². The summed E-state index contributed by atoms with van der Waals surface area (Å²) in [6.45, 7) is 5.52. The maximum absolute atomic E-state index is 12.8. The van der Waals surface area contributed by atoms with E-state index in [1.807, 2.05) is 37.4 Å². The SMILES string of the molecule is CN(Cc1ccccc1-c1ccccc1)C(=O)NCc1cccc(CN2CCOCC2)c1. The standard InChI is InChI=1S/C27H31N3O2/c1-29(21-25-12-5-6-13-26(25)24-10-3-2-4-11-24)27(31)28-19-22-8-7-9-23(18-22)20-30-14-16-32-17-15-30/h2-13,18H,14-17,19-21H2,1H3,(H,28,31). The summed E-state index contributed by atoms with van der Waals surface area (Å²) in [7, 11) is 1.84. The van der Waals surface area contributed by atoms with Crippen LogP contribution in [0.2, 0.25) is 0 Å². The molecule has 1 heterocycles. The normalized spacial score (nSPS) is 14.2. The van der Waals surface area contributed by atoms with Gasteiger partial charge in [-0.1, -0.05) is 78.9 Å². The minimum Gasteiger partial charge on any atom is -0.379 e. The summed E-state index contributed by atoms with van der Waals surface area (Å²) in [4.78, 5) is 16.9. The van der Waals surface area contributed by atoms with Crippen LogP contribution >= 0.6 is 0 Å². The Kier molecular flexibility index (Phi) is 7.54. The number of hydrogen-bond acceptors (Lipinski definition) is 3. The number of morpholine rings is 1. The van der Waals surface area contributed by atoms with Crippen LogP contribution in [-0.4, -0.2) is 49.2 Å². The third-order valence-electron chi connectivity index (χ3n) is 5.80. The van der Waals surface area contributed by atoms with E-state index in [4.69, 9.17) is 4.74 Å². The van der Waals surface area contributed by atoms with Gasteiger partial charge in [0.2, 0.25) is 0 Å². The minimum absolute atomic E-state index is 0.0774. The highest BCUT2D eigenvalue weighted by molar-refractivity contribution is 5.75. The van der Waals surface area contributed by atoms with Crippen molar-refractivity contribution in [1.29, 1.82) is 0 Å². The molecule has 0 aromatic heterocycles. The molecule has 0 aliphatic carbocycles. The Labute approximate surface area is 190 Å². The third kappa shape index (κ3) is 5.96. The summed E-state index contributed by atoms with van der Waals surface area (Å²) in [6.07, 6.45) is 0. The zero-order valence-electron chi connectivity index (χ0n) is 18.7. The van der Waals surface area contributed by atoms with Crippen LogP contribution in [0.15, 0.2) is 78.9 Å². The molecule has 1 N–H and O–H groups in total. The summed E-state index contributed by atoms with van der Waals surface area (Å²) < 4.78 is 5.43. The van der Waals surface area contributed by atoms with Crippen molar-refractivity contribution in [3.63, 3.8) is 0 Å². The van der Waals surface area contributed by atoms with E-state index in [-0.39, 0.29) is 6.03 Å². The lowest BCUT2D eigenvalue weighted by atomic mass is 9.99. The van der Waals surface area contributed by atoms with E-state index in [1.54, 1.807) is 4.90 Å². The van der Waals surface area contributed by atoms with Crippen molar-refractivity contribution in [2.45, 2.75) is 19.6 Å². The minimum atomic E-state index is -0.0774. The van der Waals surface area contributed by atoms with Crippen LogP contribution in [0.5, 0.6) is 0 Å². The molecule has 2 amide bonds. The van der Waals surface area contributed by atoms with Gasteiger partial charge < -0.3 is 15.0 Å². The predicted octanol–water partition coefficient (Wildman–Crippen LogP) is 4.53. The summed E-state index contributed by atoms with van der Waals surface area (Å²) in [5.74, 6) is 0. The van der Waals surface area contributed by atoms with Crippen molar-refractivity contribution in [1.82, 2.24) is 15.1 Å². The monoisotopic (exact) mass is 429 g/mol. The third-order valence-corrected chi connectivity index (χ3v) is 5.80. The Balaban J connectivity index is 1.34. The van der Waals surface area contributed by atoms with Crippen molar-refractivity contribution in [2.24, 2.45) is 0 Å². The van der Waals surface area contributed by atoms with E-state index in [0.29, 0.717) is 13.1 Å². The molecule has 5 heteroatoms. The summed E-state index contributed by atoms with van der Waals surface area (Å²) >= 11 is 0. The van der Waals surface area contributed by atoms with Gasteiger partial charge in [-0.3, -0.25) is 4.90 Å². The molecule has 3 aromatic rings. The first-order valence-electron chi connectivity index (χ1n) is 11.2. The molecular weight excluding hydrogens is 398 g/mol. The van der Waals surface area contributed by atoms with Gasteiger partial charge in [0.05, 0.1) is 13.2 Å². The zero-order chi connectivity index (χ0) is 22.2. The van der Waals surface area contributed by atoms with E-state index in [1.165, 1.54) is 5.56 Å². The highest BCUT2D eigenvalue weighted by Gasteiger charge is 2.13. The van der Waals surface area contributed by atoms with Gasteiger partial charge >= 0.3 is 6.03 Å². The highest BCUT2D eigenvalue weighted by atomic mass is 16.5. The van der Waals surface area contributed by atoms with Crippen LogP contribution < -0.4 is 5.32 Å². The molecule has 0 bridgehead atoms. The quantitative estimate of drug-likeness (QED) is 0.600. The van der Waals surface area contributed by atoms with E-state index < -0.39 is 0 Å². The Morgan fingerprint density at radius 3 is 2.47 bits per heavy atom. The fourth-order valence-corrected chi connectivity index (χ4v) is 4.05. The molecule has 0 unspecified atom stereocenters. The molecule has 0 atom stereocenters. The van der Waals surface area contributed by atoms with Crippen LogP contribution in [0.4, 0.5) is 4.79 Å². The second-order valence-electron chi connectivity index (χ2n) is 8.25. The largest absolute Gasteiger partial charge is 0.379 e. The molecule has 1 saturated heterocycles. The second kappa shape index (κ2) is 10.9. The first-order chi connectivity index (χ1) is 15.7. The molecule has 32 heavy (non-hydrogen) atoms. The topological polar surface area (TPSA) is 44.8 Å². The molecule has 1 aliphatic rings. The maximum atomic E-state index is 12.8. The summed E-state index contributed by atoms with van der Waals surface area (Å²) in [5.41, 5.74) is 5.83. The van der Waals surface area contributed by atoms with Crippen molar-refractivity contribution in [2.75, 3.05) is 33.4 Å². The first kappa shape index (κ1) is 22.1. The molecule has 4 rings (SSSR count). The maximum Gasteiger partial charge on any atom is 0.317 e. The molecule has 1 aliphatic heterocycles. The van der Waals surface area contributed by atoms with E-state index in [9.17, 15) is 4.79 Å². The fourth-order valence-electron chi connectivity index (χ4n) is 4.05. The Bertz CT molecular complexity index is 1020. The highest BCUT2D eigenvalue weighted by Crippen LogP contribution is 2.24. The lowest BCUT2D eigenvalue weighted by molar-refractivity contribution is 0.0342. The lowest BCUT2D eigenvalue weighted by Gasteiger charge is -2.26. The smallest absolute Gasteiger partial charge is 0.317 e.